The highest BCUT2D eigenvalue weighted by Crippen LogP contribution is 2.05. The van der Waals surface area contributed by atoms with Crippen molar-refractivity contribution in [2.75, 3.05) is 52.7 Å². The first-order valence-electron chi connectivity index (χ1n) is 7.91. The van der Waals surface area contributed by atoms with Crippen molar-refractivity contribution in [3.63, 3.8) is 0 Å². The van der Waals surface area contributed by atoms with E-state index in [-0.39, 0.29) is 19.1 Å². The largest absolute Gasteiger partial charge is 0.394 e. The molecule has 1 amide bonds. The predicted molar refractivity (Wildman–Crippen MR) is 81.1 cm³/mol. The van der Waals surface area contributed by atoms with E-state index in [4.69, 9.17) is 19.7 Å². The Hall–Kier alpha value is -0.690. The van der Waals surface area contributed by atoms with Crippen LogP contribution in [0.15, 0.2) is 0 Å². The normalized spacial score (nSPS) is 10.8. The monoisotopic (exact) mass is 305 g/mol. The Morgan fingerprint density at radius 1 is 0.905 bits per heavy atom. The summed E-state index contributed by atoms with van der Waals surface area (Å²) in [6.45, 7) is 4.56. The van der Waals surface area contributed by atoms with Gasteiger partial charge >= 0.3 is 0 Å². The van der Waals surface area contributed by atoms with E-state index < -0.39 is 0 Å². The van der Waals surface area contributed by atoms with Gasteiger partial charge in [-0.1, -0.05) is 26.2 Å². The van der Waals surface area contributed by atoms with Gasteiger partial charge in [0.1, 0.15) is 0 Å². The van der Waals surface area contributed by atoms with Gasteiger partial charge in [-0.2, -0.15) is 0 Å². The molecule has 0 rings (SSSR count). The van der Waals surface area contributed by atoms with E-state index in [1.165, 1.54) is 0 Å². The minimum atomic E-state index is -0.00935. The highest BCUT2D eigenvalue weighted by Gasteiger charge is 2.12. The number of nitrogens with zero attached hydrogens (tertiary/aromatic N) is 1. The zero-order valence-electron chi connectivity index (χ0n) is 13.3. The molecule has 0 aromatic rings. The summed E-state index contributed by atoms with van der Waals surface area (Å²) < 4.78 is 10.4. The third-order valence-corrected chi connectivity index (χ3v) is 3.08. The quantitative estimate of drug-likeness (QED) is 0.438. The second-order valence-electron chi connectivity index (χ2n) is 4.86. The average Bonchev–Trinajstić information content (AvgIpc) is 2.49. The van der Waals surface area contributed by atoms with Crippen molar-refractivity contribution < 1.29 is 24.5 Å². The van der Waals surface area contributed by atoms with Crippen molar-refractivity contribution in [1.82, 2.24) is 4.90 Å². The Morgan fingerprint density at radius 2 is 1.48 bits per heavy atom. The summed E-state index contributed by atoms with van der Waals surface area (Å²) in [7, 11) is 0. The molecule has 0 spiro atoms. The first kappa shape index (κ1) is 20.3. The Kier molecular flexibility index (Phi) is 15.2. The topological polar surface area (TPSA) is 79.2 Å². The summed E-state index contributed by atoms with van der Waals surface area (Å²) in [5.74, 6) is 0.117. The van der Waals surface area contributed by atoms with Gasteiger partial charge in [-0.3, -0.25) is 4.79 Å². The standard InChI is InChI=1S/C15H31NO5/c1-2-3-4-5-6-15(19)16(7-11-20-13-9-17)8-12-21-14-10-18/h17-18H,2-14H2,1H3. The lowest BCUT2D eigenvalue weighted by molar-refractivity contribution is -0.133. The van der Waals surface area contributed by atoms with Crippen LogP contribution < -0.4 is 0 Å². The fourth-order valence-corrected chi connectivity index (χ4v) is 1.91. The molecule has 0 bridgehead atoms. The molecule has 0 aromatic heterocycles. The fourth-order valence-electron chi connectivity index (χ4n) is 1.91. The molecule has 2 N–H and O–H groups in total. The van der Waals surface area contributed by atoms with Gasteiger partial charge < -0.3 is 24.6 Å². The highest BCUT2D eigenvalue weighted by molar-refractivity contribution is 5.76. The second kappa shape index (κ2) is 15.7. The van der Waals surface area contributed by atoms with E-state index in [0.717, 1.165) is 25.7 Å². The highest BCUT2D eigenvalue weighted by atomic mass is 16.5. The number of carbonyl (C=O) groups excluding carboxylic acids is 1. The number of carbonyl (C=O) groups is 1. The van der Waals surface area contributed by atoms with Crippen LogP contribution in [-0.4, -0.2) is 73.8 Å². The van der Waals surface area contributed by atoms with Crippen molar-refractivity contribution in [1.29, 1.82) is 0 Å². The lowest BCUT2D eigenvalue weighted by Crippen LogP contribution is -2.36. The van der Waals surface area contributed by atoms with Crippen LogP contribution in [0.2, 0.25) is 0 Å². The molecule has 0 unspecified atom stereocenters. The zero-order chi connectivity index (χ0) is 15.8. The van der Waals surface area contributed by atoms with Crippen molar-refractivity contribution in [2.45, 2.75) is 39.0 Å². The summed E-state index contributed by atoms with van der Waals surface area (Å²) in [5.41, 5.74) is 0. The number of aliphatic hydroxyl groups is 2. The third kappa shape index (κ3) is 12.7. The van der Waals surface area contributed by atoms with Crippen LogP contribution in [0.5, 0.6) is 0 Å². The first-order chi connectivity index (χ1) is 10.3. The molecule has 21 heavy (non-hydrogen) atoms. The molecule has 0 aliphatic rings. The van der Waals surface area contributed by atoms with Crippen LogP contribution in [0.3, 0.4) is 0 Å². The SMILES string of the molecule is CCCCCCC(=O)N(CCOCCO)CCOCCO. The molecule has 0 aliphatic heterocycles. The number of hydrogen-bond acceptors (Lipinski definition) is 5. The smallest absolute Gasteiger partial charge is 0.222 e. The van der Waals surface area contributed by atoms with Crippen LogP contribution in [0.25, 0.3) is 0 Å². The van der Waals surface area contributed by atoms with Gasteiger partial charge in [0.2, 0.25) is 5.91 Å². The Labute approximate surface area is 128 Å². The van der Waals surface area contributed by atoms with Crippen LogP contribution in [-0.2, 0) is 14.3 Å². The summed E-state index contributed by atoms with van der Waals surface area (Å²) in [4.78, 5) is 13.9. The maximum atomic E-state index is 12.1. The average molecular weight is 305 g/mol. The Balaban J connectivity index is 3.98. The molecule has 0 aromatic carbocycles. The minimum absolute atomic E-state index is 0.00935. The van der Waals surface area contributed by atoms with Crippen molar-refractivity contribution in [3.8, 4) is 0 Å². The summed E-state index contributed by atoms with van der Waals surface area (Å²) in [5, 5.41) is 17.3. The van der Waals surface area contributed by atoms with Gasteiger partial charge in [-0.05, 0) is 6.42 Å². The molecule has 0 radical (unpaired) electrons. The van der Waals surface area contributed by atoms with Crippen LogP contribution in [0, 0.1) is 0 Å². The molecule has 0 saturated heterocycles. The lowest BCUT2D eigenvalue weighted by Gasteiger charge is -2.22. The molecule has 0 fully saturated rings. The predicted octanol–water partition coefficient (Wildman–Crippen LogP) is 0.803. The molecule has 0 aliphatic carbocycles. The van der Waals surface area contributed by atoms with Crippen molar-refractivity contribution in [2.24, 2.45) is 0 Å². The Bertz CT molecular complexity index is 226. The lowest BCUT2D eigenvalue weighted by atomic mass is 10.1. The van der Waals surface area contributed by atoms with Gasteiger partial charge in [0.25, 0.3) is 0 Å². The van der Waals surface area contributed by atoms with Gasteiger partial charge in [-0.25, -0.2) is 0 Å². The summed E-state index contributed by atoms with van der Waals surface area (Å²) in [6, 6.07) is 0. The number of ether oxygens (including phenoxy) is 2. The third-order valence-electron chi connectivity index (χ3n) is 3.08. The maximum absolute atomic E-state index is 12.1. The molecule has 0 saturated carbocycles. The number of unbranched alkanes of at least 4 members (excludes halogenated alkanes) is 3. The molecular formula is C15H31NO5. The van der Waals surface area contributed by atoms with Crippen molar-refractivity contribution in [3.05, 3.63) is 0 Å². The summed E-state index contributed by atoms with van der Waals surface area (Å²) >= 11 is 0. The first-order valence-corrected chi connectivity index (χ1v) is 7.91. The van der Waals surface area contributed by atoms with Crippen LogP contribution in [0.1, 0.15) is 39.0 Å². The van der Waals surface area contributed by atoms with E-state index in [1.807, 2.05) is 0 Å². The number of rotatable bonds is 15. The Morgan fingerprint density at radius 3 is 1.95 bits per heavy atom. The van der Waals surface area contributed by atoms with Gasteiger partial charge in [0.15, 0.2) is 0 Å². The maximum Gasteiger partial charge on any atom is 0.222 e. The molecule has 0 heterocycles. The number of hydrogen-bond donors (Lipinski definition) is 2. The molecule has 6 nitrogen and oxygen atoms in total. The van der Waals surface area contributed by atoms with E-state index in [1.54, 1.807) is 4.90 Å². The van der Waals surface area contributed by atoms with Gasteiger partial charge in [-0.15, -0.1) is 0 Å². The number of amides is 1. The van der Waals surface area contributed by atoms with Gasteiger partial charge in [0, 0.05) is 19.5 Å². The number of aliphatic hydroxyl groups excluding tert-OH is 2. The zero-order valence-corrected chi connectivity index (χ0v) is 13.3. The van der Waals surface area contributed by atoms with E-state index >= 15 is 0 Å². The second-order valence-corrected chi connectivity index (χ2v) is 4.86. The molecule has 126 valence electrons. The van der Waals surface area contributed by atoms with Crippen molar-refractivity contribution >= 4 is 5.91 Å². The molecule has 6 heteroatoms. The van der Waals surface area contributed by atoms with Gasteiger partial charge in [0.05, 0.1) is 39.6 Å². The summed E-state index contributed by atoms with van der Waals surface area (Å²) in [6.07, 6.45) is 4.87. The van der Waals surface area contributed by atoms with E-state index in [0.29, 0.717) is 45.9 Å². The minimum Gasteiger partial charge on any atom is -0.394 e. The van der Waals surface area contributed by atoms with E-state index in [9.17, 15) is 4.79 Å². The van der Waals surface area contributed by atoms with Crippen LogP contribution in [0.4, 0.5) is 0 Å². The molecular weight excluding hydrogens is 274 g/mol. The fraction of sp³-hybridized carbons (Fsp3) is 0.933. The van der Waals surface area contributed by atoms with E-state index in [2.05, 4.69) is 6.92 Å². The molecule has 0 atom stereocenters. The van der Waals surface area contributed by atoms with Crippen LogP contribution >= 0.6 is 0 Å².